The number of aromatic nitrogens is 1. The van der Waals surface area contributed by atoms with Crippen molar-refractivity contribution >= 4 is 23.3 Å². The maximum Gasteiger partial charge on any atom is 0.204 e. The zero-order valence-corrected chi connectivity index (χ0v) is 15.0. The molecule has 23 heavy (non-hydrogen) atoms. The highest BCUT2D eigenvalue weighted by atomic mass is 32.1. The second-order valence-electron chi connectivity index (χ2n) is 6.07. The van der Waals surface area contributed by atoms with E-state index in [9.17, 15) is 4.79 Å². The molecule has 0 bridgehead atoms. The fraction of sp³-hybridized carbons (Fsp3) is 0.444. The van der Waals surface area contributed by atoms with Crippen LogP contribution in [0.5, 0.6) is 0 Å². The van der Waals surface area contributed by atoms with Crippen LogP contribution in [0.1, 0.15) is 46.9 Å². The largest absolute Gasteiger partial charge is 0.387 e. The lowest BCUT2D eigenvalue weighted by atomic mass is 10.1. The minimum absolute atomic E-state index is 0.0303. The topological polar surface area (TPSA) is 43.6 Å². The first kappa shape index (κ1) is 17.5. The highest BCUT2D eigenvalue weighted by Gasteiger charge is 2.16. The normalized spacial score (nSPS) is 11.5. The fourth-order valence-corrected chi connectivity index (χ4v) is 3.02. The Bertz CT molecular complexity index is 670. The predicted octanol–water partition coefficient (Wildman–Crippen LogP) is 4.45. The third-order valence-corrected chi connectivity index (χ3v) is 4.60. The van der Waals surface area contributed by atoms with Crippen molar-refractivity contribution in [1.29, 1.82) is 0 Å². The van der Waals surface area contributed by atoms with Gasteiger partial charge in [-0.15, -0.1) is 11.3 Å². The van der Waals surface area contributed by atoms with Gasteiger partial charge in [0.15, 0.2) is 6.61 Å². The minimum Gasteiger partial charge on any atom is -0.387 e. The van der Waals surface area contributed by atoms with Crippen molar-refractivity contribution < 1.29 is 9.63 Å². The molecule has 5 heteroatoms. The van der Waals surface area contributed by atoms with E-state index < -0.39 is 0 Å². The number of carbonyl (C=O) groups is 1. The molecule has 0 radical (unpaired) electrons. The van der Waals surface area contributed by atoms with E-state index in [1.165, 1.54) is 0 Å². The van der Waals surface area contributed by atoms with E-state index in [0.717, 1.165) is 34.8 Å². The minimum atomic E-state index is -0.0314. The van der Waals surface area contributed by atoms with Gasteiger partial charge in [-0.25, -0.2) is 0 Å². The Morgan fingerprint density at radius 2 is 2.22 bits per heavy atom. The zero-order chi connectivity index (χ0) is 16.8. The first-order valence-electron chi connectivity index (χ1n) is 7.87. The Morgan fingerprint density at radius 3 is 2.87 bits per heavy atom. The van der Waals surface area contributed by atoms with E-state index in [-0.39, 0.29) is 12.4 Å². The number of oxime groups is 1. The number of nitrogens with zero attached hydrogens (tertiary/aromatic N) is 2. The highest BCUT2D eigenvalue weighted by Crippen LogP contribution is 2.17. The molecule has 0 aliphatic carbocycles. The summed E-state index contributed by atoms with van der Waals surface area (Å²) in [5.74, 6) is 0.613. The maximum absolute atomic E-state index is 12.3. The second kappa shape index (κ2) is 8.11. The lowest BCUT2D eigenvalue weighted by molar-refractivity contribution is 0.0778. The van der Waals surface area contributed by atoms with Gasteiger partial charge in [-0.1, -0.05) is 25.1 Å². The number of hydrogen-bond acceptors (Lipinski definition) is 4. The van der Waals surface area contributed by atoms with Gasteiger partial charge in [0.2, 0.25) is 5.78 Å². The number of hydrogen-bond donors (Lipinski definition) is 0. The van der Waals surface area contributed by atoms with Gasteiger partial charge >= 0.3 is 0 Å². The third kappa shape index (κ3) is 4.79. The monoisotopic (exact) mass is 332 g/mol. The number of ketones is 1. The summed E-state index contributed by atoms with van der Waals surface area (Å²) in [6, 6.07) is 5.84. The van der Waals surface area contributed by atoms with Gasteiger partial charge in [-0.2, -0.15) is 0 Å². The molecule has 2 rings (SSSR count). The molecule has 0 atom stereocenters. The van der Waals surface area contributed by atoms with Crippen LogP contribution < -0.4 is 0 Å². The highest BCUT2D eigenvalue weighted by molar-refractivity contribution is 7.11. The summed E-state index contributed by atoms with van der Waals surface area (Å²) in [6.45, 7) is 9.37. The molecule has 0 aliphatic rings. The molecule has 0 saturated carbocycles. The van der Waals surface area contributed by atoms with Gasteiger partial charge in [0, 0.05) is 28.4 Å². The molecule has 2 aromatic rings. The van der Waals surface area contributed by atoms with Crippen molar-refractivity contribution in [1.82, 2.24) is 4.57 Å². The van der Waals surface area contributed by atoms with E-state index in [2.05, 4.69) is 23.6 Å². The van der Waals surface area contributed by atoms with Crippen LogP contribution in [0.15, 0.2) is 28.7 Å². The van der Waals surface area contributed by atoms with Crippen LogP contribution in [0.4, 0.5) is 0 Å². The van der Waals surface area contributed by atoms with Gasteiger partial charge in [0.25, 0.3) is 0 Å². The van der Waals surface area contributed by atoms with E-state index in [4.69, 9.17) is 4.84 Å². The van der Waals surface area contributed by atoms with E-state index in [1.54, 1.807) is 17.6 Å². The molecule has 0 amide bonds. The number of rotatable bonds is 8. The number of Topliss-reactive ketones (excluding diaryl/α,β-unsaturated/α-hetero) is 1. The summed E-state index contributed by atoms with van der Waals surface area (Å²) in [4.78, 5) is 18.5. The van der Waals surface area contributed by atoms with Crippen molar-refractivity contribution in [2.24, 2.45) is 11.1 Å². The molecule has 0 saturated heterocycles. The van der Waals surface area contributed by atoms with Crippen molar-refractivity contribution in [3.05, 3.63) is 45.4 Å². The lowest BCUT2D eigenvalue weighted by Crippen LogP contribution is -2.10. The van der Waals surface area contributed by atoms with Crippen LogP contribution in [-0.4, -0.2) is 23.2 Å². The zero-order valence-electron chi connectivity index (χ0n) is 14.2. The van der Waals surface area contributed by atoms with Gasteiger partial charge in [-0.3, -0.25) is 4.79 Å². The van der Waals surface area contributed by atoms with Crippen LogP contribution in [0.25, 0.3) is 0 Å². The first-order valence-corrected chi connectivity index (χ1v) is 8.75. The van der Waals surface area contributed by atoms with Crippen molar-refractivity contribution in [2.45, 2.75) is 40.7 Å². The second-order valence-corrected chi connectivity index (χ2v) is 7.04. The molecular weight excluding hydrogens is 308 g/mol. The molecule has 2 heterocycles. The molecule has 124 valence electrons. The lowest BCUT2D eigenvalue weighted by Gasteiger charge is -2.11. The fourth-order valence-electron chi connectivity index (χ4n) is 2.44. The predicted molar refractivity (Wildman–Crippen MR) is 95.6 cm³/mol. The SMILES string of the molecule is Cc1cc(C(=O)CON=Cc2cccs2)c(C)n1CCC(C)C. The number of aryl methyl sites for hydroxylation is 1. The molecule has 0 unspecified atom stereocenters. The molecule has 2 aromatic heterocycles. The first-order chi connectivity index (χ1) is 11.0. The third-order valence-electron chi connectivity index (χ3n) is 3.80. The molecule has 0 N–H and O–H groups in total. The Morgan fingerprint density at radius 1 is 1.43 bits per heavy atom. The van der Waals surface area contributed by atoms with Crippen molar-refractivity contribution in [2.75, 3.05) is 6.61 Å². The molecule has 0 aromatic carbocycles. The van der Waals surface area contributed by atoms with Gasteiger partial charge in [0.05, 0.1) is 6.21 Å². The standard InChI is InChI=1S/C18H24N2O2S/c1-13(2)7-8-20-14(3)10-17(15(20)4)18(21)12-22-19-11-16-6-5-9-23-16/h5-6,9-11,13H,7-8,12H2,1-4H3. The summed E-state index contributed by atoms with van der Waals surface area (Å²) in [7, 11) is 0. The van der Waals surface area contributed by atoms with Crippen LogP contribution in [-0.2, 0) is 11.4 Å². The molecule has 0 spiro atoms. The summed E-state index contributed by atoms with van der Waals surface area (Å²) in [5, 5.41) is 5.83. The number of carbonyl (C=O) groups excluding carboxylic acids is 1. The molecule has 0 fully saturated rings. The number of thiophene rings is 1. The summed E-state index contributed by atoms with van der Waals surface area (Å²) < 4.78 is 2.21. The van der Waals surface area contributed by atoms with Gasteiger partial charge in [0.1, 0.15) is 0 Å². The Kier molecular flexibility index (Phi) is 6.16. The summed E-state index contributed by atoms with van der Waals surface area (Å²) in [6.07, 6.45) is 2.73. The van der Waals surface area contributed by atoms with E-state index in [0.29, 0.717) is 5.92 Å². The average molecular weight is 332 g/mol. The smallest absolute Gasteiger partial charge is 0.204 e. The van der Waals surface area contributed by atoms with Crippen LogP contribution in [0.3, 0.4) is 0 Å². The van der Waals surface area contributed by atoms with Crippen molar-refractivity contribution in [3.8, 4) is 0 Å². The van der Waals surface area contributed by atoms with E-state index >= 15 is 0 Å². The van der Waals surface area contributed by atoms with Crippen LogP contribution in [0, 0.1) is 19.8 Å². The Labute approximate surface area is 141 Å². The maximum atomic E-state index is 12.3. The van der Waals surface area contributed by atoms with Gasteiger partial charge < -0.3 is 9.40 Å². The van der Waals surface area contributed by atoms with Crippen molar-refractivity contribution in [3.63, 3.8) is 0 Å². The van der Waals surface area contributed by atoms with Crippen LogP contribution >= 0.6 is 11.3 Å². The molecule has 0 aliphatic heterocycles. The molecular formula is C18H24N2O2S. The molecule has 4 nitrogen and oxygen atoms in total. The summed E-state index contributed by atoms with van der Waals surface area (Å²) in [5.41, 5.74) is 2.87. The van der Waals surface area contributed by atoms with E-state index in [1.807, 2.05) is 37.4 Å². The van der Waals surface area contributed by atoms with Gasteiger partial charge in [-0.05, 0) is 43.7 Å². The average Bonchev–Trinajstić information content (AvgIpc) is 3.10. The Balaban J connectivity index is 1.95. The van der Waals surface area contributed by atoms with Crippen LogP contribution in [0.2, 0.25) is 0 Å². The Hall–Kier alpha value is -1.88. The summed E-state index contributed by atoms with van der Waals surface area (Å²) >= 11 is 1.58. The quantitative estimate of drug-likeness (QED) is 0.407.